The molecule has 0 atom stereocenters. The summed E-state index contributed by atoms with van der Waals surface area (Å²) < 4.78 is 5.40. The summed E-state index contributed by atoms with van der Waals surface area (Å²) in [5.41, 5.74) is 0.437. The number of piperidine rings is 1. The van der Waals surface area contributed by atoms with Gasteiger partial charge in [-0.1, -0.05) is 6.07 Å². The molecule has 0 aromatic heterocycles. The molecule has 1 aromatic rings. The second-order valence-corrected chi connectivity index (χ2v) is 6.51. The number of hydrogen-bond donors (Lipinski definition) is 1. The van der Waals surface area contributed by atoms with E-state index in [0.717, 1.165) is 52.2 Å². The lowest BCUT2D eigenvalue weighted by Crippen LogP contribution is -2.50. The van der Waals surface area contributed by atoms with E-state index < -0.39 is 4.92 Å². The zero-order chi connectivity index (χ0) is 17.6. The number of non-ortho nitro benzene ring substituents is 1. The first kappa shape index (κ1) is 17.8. The monoisotopic (exact) mass is 348 g/mol. The first-order valence-corrected chi connectivity index (χ1v) is 8.70. The second kappa shape index (κ2) is 8.37. The molecule has 1 amide bonds. The largest absolute Gasteiger partial charge is 0.379 e. The number of benzene rings is 1. The lowest BCUT2D eigenvalue weighted by molar-refractivity contribution is -0.384. The van der Waals surface area contributed by atoms with Crippen LogP contribution in [0.15, 0.2) is 24.3 Å². The molecule has 2 saturated heterocycles. The molecule has 0 aliphatic carbocycles. The Kier molecular flexibility index (Phi) is 5.95. The minimum Gasteiger partial charge on any atom is -0.379 e. The Morgan fingerprint density at radius 1 is 1.24 bits per heavy atom. The van der Waals surface area contributed by atoms with E-state index in [1.807, 2.05) is 0 Å². The summed E-state index contributed by atoms with van der Waals surface area (Å²) in [4.78, 5) is 27.2. The molecule has 8 heteroatoms. The average Bonchev–Trinajstić information content (AvgIpc) is 2.63. The van der Waals surface area contributed by atoms with E-state index >= 15 is 0 Å². The maximum atomic E-state index is 12.2. The molecule has 3 rings (SSSR count). The van der Waals surface area contributed by atoms with Gasteiger partial charge in [0.05, 0.1) is 24.7 Å². The van der Waals surface area contributed by atoms with E-state index in [1.54, 1.807) is 12.1 Å². The Morgan fingerprint density at radius 3 is 2.64 bits per heavy atom. The Morgan fingerprint density at radius 2 is 1.96 bits per heavy atom. The first-order valence-electron chi connectivity index (χ1n) is 8.70. The number of morpholine rings is 1. The number of hydrogen-bond acceptors (Lipinski definition) is 6. The van der Waals surface area contributed by atoms with Crippen LogP contribution in [0.2, 0.25) is 0 Å². The Hall–Kier alpha value is -2.03. The van der Waals surface area contributed by atoms with Gasteiger partial charge in [0, 0.05) is 50.0 Å². The Labute approximate surface area is 146 Å². The third-order valence-corrected chi connectivity index (χ3v) is 4.83. The van der Waals surface area contributed by atoms with Crippen LogP contribution in [-0.4, -0.2) is 72.6 Å². The maximum absolute atomic E-state index is 12.2. The summed E-state index contributed by atoms with van der Waals surface area (Å²) in [6.45, 7) is 5.72. The quantitative estimate of drug-likeness (QED) is 0.638. The number of ether oxygens (including phenoxy) is 1. The molecule has 1 N–H and O–H groups in total. The van der Waals surface area contributed by atoms with Crippen LogP contribution in [0.3, 0.4) is 0 Å². The van der Waals surface area contributed by atoms with Gasteiger partial charge in [-0.05, 0) is 18.9 Å². The molecule has 2 fully saturated rings. The van der Waals surface area contributed by atoms with Crippen LogP contribution in [0.1, 0.15) is 12.8 Å². The van der Waals surface area contributed by atoms with E-state index in [4.69, 9.17) is 4.74 Å². The molecule has 0 saturated carbocycles. The summed E-state index contributed by atoms with van der Waals surface area (Å²) in [7, 11) is 0. The molecule has 2 aliphatic rings. The number of carbonyl (C=O) groups is 1. The number of nitrogens with zero attached hydrogens (tertiary/aromatic N) is 3. The number of nitrogens with one attached hydrogen (secondary N) is 1. The maximum Gasteiger partial charge on any atom is 0.271 e. The summed E-state index contributed by atoms with van der Waals surface area (Å²) >= 11 is 0. The second-order valence-electron chi connectivity index (χ2n) is 6.51. The Balaban J connectivity index is 1.44. The molecule has 136 valence electrons. The topological polar surface area (TPSA) is 88.0 Å². The molecule has 0 radical (unpaired) electrons. The highest BCUT2D eigenvalue weighted by Gasteiger charge is 2.26. The van der Waals surface area contributed by atoms with Gasteiger partial charge in [-0.15, -0.1) is 0 Å². The lowest BCUT2D eigenvalue weighted by Gasteiger charge is -2.39. The highest BCUT2D eigenvalue weighted by Crippen LogP contribution is 2.19. The molecule has 2 aliphatic heterocycles. The van der Waals surface area contributed by atoms with E-state index in [9.17, 15) is 14.9 Å². The predicted octanol–water partition coefficient (Wildman–Crippen LogP) is 1.33. The van der Waals surface area contributed by atoms with Gasteiger partial charge in [0.1, 0.15) is 0 Å². The van der Waals surface area contributed by atoms with Crippen LogP contribution >= 0.6 is 0 Å². The van der Waals surface area contributed by atoms with E-state index in [0.29, 0.717) is 18.3 Å². The molecule has 0 spiro atoms. The fourth-order valence-electron chi connectivity index (χ4n) is 3.49. The van der Waals surface area contributed by atoms with Gasteiger partial charge in [0.2, 0.25) is 5.91 Å². The molecule has 0 bridgehead atoms. The molecular formula is C17H24N4O4. The number of amides is 1. The van der Waals surface area contributed by atoms with E-state index in [2.05, 4.69) is 15.1 Å². The molecule has 2 heterocycles. The normalized spacial score (nSPS) is 20.3. The number of nitro groups is 1. The van der Waals surface area contributed by atoms with Crippen LogP contribution in [0.25, 0.3) is 0 Å². The smallest absolute Gasteiger partial charge is 0.271 e. The standard InChI is InChI=1S/C17H24N4O4/c22-17(18-14-2-1-3-16(12-14)21(23)24)13-19-6-4-15(5-7-19)20-8-10-25-11-9-20/h1-3,12,15H,4-11,13H2,(H,18,22). The van der Waals surface area contributed by atoms with Crippen molar-refractivity contribution in [3.8, 4) is 0 Å². The number of carbonyl (C=O) groups excluding carboxylic acids is 1. The highest BCUT2D eigenvalue weighted by molar-refractivity contribution is 5.92. The van der Waals surface area contributed by atoms with E-state index in [1.165, 1.54) is 12.1 Å². The molecule has 8 nitrogen and oxygen atoms in total. The Bertz CT molecular complexity index is 610. The van der Waals surface area contributed by atoms with Crippen molar-refractivity contribution < 1.29 is 14.5 Å². The minimum atomic E-state index is -0.466. The van der Waals surface area contributed by atoms with E-state index in [-0.39, 0.29) is 11.6 Å². The fourth-order valence-corrected chi connectivity index (χ4v) is 3.49. The lowest BCUT2D eigenvalue weighted by atomic mass is 10.0. The molecule has 1 aromatic carbocycles. The number of nitro benzene ring substituents is 1. The summed E-state index contributed by atoms with van der Waals surface area (Å²) in [6.07, 6.45) is 2.12. The highest BCUT2D eigenvalue weighted by atomic mass is 16.6. The summed E-state index contributed by atoms with van der Waals surface area (Å²) in [5, 5.41) is 13.5. The van der Waals surface area contributed by atoms with Crippen molar-refractivity contribution in [3.05, 3.63) is 34.4 Å². The van der Waals surface area contributed by atoms with Crippen molar-refractivity contribution in [1.82, 2.24) is 9.80 Å². The predicted molar refractivity (Wildman–Crippen MR) is 93.6 cm³/mol. The van der Waals surface area contributed by atoms with Crippen LogP contribution < -0.4 is 5.32 Å². The van der Waals surface area contributed by atoms with Gasteiger partial charge in [-0.2, -0.15) is 0 Å². The molecule has 0 unspecified atom stereocenters. The molecule has 25 heavy (non-hydrogen) atoms. The third kappa shape index (κ3) is 4.97. The fraction of sp³-hybridized carbons (Fsp3) is 0.588. The minimum absolute atomic E-state index is 0.0240. The van der Waals surface area contributed by atoms with Gasteiger partial charge in [0.15, 0.2) is 0 Å². The van der Waals surface area contributed by atoms with Gasteiger partial charge in [-0.3, -0.25) is 24.7 Å². The van der Waals surface area contributed by atoms with Crippen LogP contribution in [0.4, 0.5) is 11.4 Å². The van der Waals surface area contributed by atoms with Gasteiger partial charge < -0.3 is 10.1 Å². The number of anilines is 1. The van der Waals surface area contributed by atoms with Gasteiger partial charge >= 0.3 is 0 Å². The van der Waals surface area contributed by atoms with Crippen molar-refractivity contribution in [3.63, 3.8) is 0 Å². The van der Waals surface area contributed by atoms with Gasteiger partial charge in [0.25, 0.3) is 5.69 Å². The molecular weight excluding hydrogens is 324 g/mol. The van der Waals surface area contributed by atoms with Crippen molar-refractivity contribution in [2.75, 3.05) is 51.3 Å². The van der Waals surface area contributed by atoms with Crippen molar-refractivity contribution in [1.29, 1.82) is 0 Å². The van der Waals surface area contributed by atoms with Crippen LogP contribution in [-0.2, 0) is 9.53 Å². The van der Waals surface area contributed by atoms with Crippen molar-refractivity contribution in [2.24, 2.45) is 0 Å². The van der Waals surface area contributed by atoms with Crippen molar-refractivity contribution >= 4 is 17.3 Å². The zero-order valence-corrected chi connectivity index (χ0v) is 14.2. The summed E-state index contributed by atoms with van der Waals surface area (Å²) in [6, 6.07) is 6.60. The number of likely N-dealkylation sites (tertiary alicyclic amines) is 1. The SMILES string of the molecule is O=C(CN1CCC(N2CCOCC2)CC1)Nc1cccc([N+](=O)[O-])c1. The van der Waals surface area contributed by atoms with Gasteiger partial charge in [-0.25, -0.2) is 0 Å². The first-order chi connectivity index (χ1) is 12.1. The van der Waals surface area contributed by atoms with Crippen molar-refractivity contribution in [2.45, 2.75) is 18.9 Å². The summed E-state index contributed by atoms with van der Waals surface area (Å²) in [5.74, 6) is -0.134. The van der Waals surface area contributed by atoms with Crippen LogP contribution in [0.5, 0.6) is 0 Å². The third-order valence-electron chi connectivity index (χ3n) is 4.83. The zero-order valence-electron chi connectivity index (χ0n) is 14.2. The van der Waals surface area contributed by atoms with Crippen LogP contribution in [0, 0.1) is 10.1 Å². The number of rotatable bonds is 5. The average molecular weight is 348 g/mol.